The van der Waals surface area contributed by atoms with E-state index in [-0.39, 0.29) is 46.2 Å². The number of hydrogen-bond donors (Lipinski definition) is 2. The number of aliphatic hydroxyl groups is 2. The number of rotatable bonds is 32. The third kappa shape index (κ3) is 41.2. The monoisotopic (exact) mass is 836 g/mol. The summed E-state index contributed by atoms with van der Waals surface area (Å²) >= 11 is 0.0736. The van der Waals surface area contributed by atoms with Crippen molar-refractivity contribution in [3.8, 4) is 0 Å². The third-order valence-electron chi connectivity index (χ3n) is 8.69. The number of aliphatic carboxylic acids is 2. The van der Waals surface area contributed by atoms with E-state index < -0.39 is 48.9 Å². The van der Waals surface area contributed by atoms with Gasteiger partial charge in [-0.15, -0.1) is 0 Å². The van der Waals surface area contributed by atoms with Crippen LogP contribution in [0.3, 0.4) is 0 Å². The summed E-state index contributed by atoms with van der Waals surface area (Å²) in [6.07, 6.45) is 21.2. The fraction of sp³-hybridized carbons (Fsp3) is 0.900. The number of unbranched alkanes of at least 4 members (excludes halogenated alkanes) is 12. The Morgan fingerprint density at radius 2 is 0.824 bits per heavy atom. The Morgan fingerprint density at radius 1 is 0.510 bits per heavy atom. The van der Waals surface area contributed by atoms with Gasteiger partial charge in [0, 0.05) is 24.8 Å². The Labute approximate surface area is 321 Å². The predicted molar refractivity (Wildman–Crippen MR) is 202 cm³/mol. The first kappa shape index (κ1) is 53.9. The number of hydrogen-bond acceptors (Lipinski definition) is 10. The molecular weight excluding hydrogens is 759 g/mol. The number of ether oxygens (including phenoxy) is 2. The predicted octanol–water partition coefficient (Wildman–Crippen LogP) is 6.74. The van der Waals surface area contributed by atoms with Crippen molar-refractivity contribution < 1.29 is 49.1 Å². The minimum absolute atomic E-state index is 0.0736. The van der Waals surface area contributed by atoms with E-state index in [1.165, 1.54) is 64.2 Å². The minimum atomic E-state index is -1.62. The summed E-state index contributed by atoms with van der Waals surface area (Å²) in [7, 11) is 0. The molecule has 4 unspecified atom stereocenters. The Hall–Kier alpha value is -1.40. The fourth-order valence-electron chi connectivity index (χ4n) is 5.06. The van der Waals surface area contributed by atoms with E-state index in [2.05, 4.69) is 27.7 Å². The molecule has 0 rings (SSSR count). The molecule has 0 aromatic heterocycles. The van der Waals surface area contributed by atoms with Gasteiger partial charge in [0.2, 0.25) is 0 Å². The molecule has 0 aromatic carbocycles. The van der Waals surface area contributed by atoms with Crippen LogP contribution >= 0.6 is 0 Å². The zero-order valence-corrected chi connectivity index (χ0v) is 36.2. The summed E-state index contributed by atoms with van der Waals surface area (Å²) in [5.41, 5.74) is 0. The second-order valence-corrected chi connectivity index (χ2v) is 17.8. The van der Waals surface area contributed by atoms with Crippen molar-refractivity contribution in [3.05, 3.63) is 0 Å². The Kier molecular flexibility index (Phi) is 43.7. The van der Waals surface area contributed by atoms with Crippen LogP contribution in [0.25, 0.3) is 0 Å². The summed E-state index contributed by atoms with van der Waals surface area (Å²) in [6, 6.07) is 0. The van der Waals surface area contributed by atoms with Gasteiger partial charge < -0.3 is 39.5 Å². The van der Waals surface area contributed by atoms with Gasteiger partial charge in [0.05, 0.1) is 13.2 Å². The molecule has 0 aliphatic heterocycles. The molecule has 0 heterocycles. The number of esters is 2. The maximum absolute atomic E-state index is 11.2. The van der Waals surface area contributed by atoms with E-state index in [1.54, 1.807) is 21.7 Å². The van der Waals surface area contributed by atoms with Crippen LogP contribution in [0.5, 0.6) is 0 Å². The average Bonchev–Trinajstić information content (AvgIpc) is 3.10. The van der Waals surface area contributed by atoms with Crippen molar-refractivity contribution in [2.75, 3.05) is 13.2 Å². The van der Waals surface area contributed by atoms with Crippen molar-refractivity contribution in [1.82, 2.24) is 0 Å². The summed E-state index contributed by atoms with van der Waals surface area (Å²) in [4.78, 5) is 42.8. The zero-order chi connectivity index (χ0) is 39.1. The summed E-state index contributed by atoms with van der Waals surface area (Å²) in [6.45, 7) is 13.3. The molecule has 51 heavy (non-hydrogen) atoms. The van der Waals surface area contributed by atoms with Gasteiger partial charge in [-0.05, 0) is 24.7 Å². The number of aliphatic hydroxyl groups excluding tert-OH is 2. The molecule has 0 saturated carbocycles. The number of carboxylic acid groups (broad SMARTS) is 2. The molecule has 300 valence electrons. The molecule has 4 atom stereocenters. The van der Waals surface area contributed by atoms with E-state index in [9.17, 15) is 29.4 Å². The molecule has 11 heteroatoms. The van der Waals surface area contributed by atoms with Gasteiger partial charge in [-0.1, -0.05) is 66.2 Å². The van der Waals surface area contributed by atoms with Crippen LogP contribution in [-0.2, 0) is 28.7 Å². The van der Waals surface area contributed by atoms with Crippen molar-refractivity contribution in [2.24, 2.45) is 11.8 Å². The third-order valence-corrected chi connectivity index (χ3v) is 12.7. The molecule has 0 aliphatic rings. The fourth-order valence-corrected chi connectivity index (χ4v) is 8.62. The van der Waals surface area contributed by atoms with Gasteiger partial charge in [-0.2, -0.15) is 0 Å². The second kappa shape index (κ2) is 41.4. The van der Waals surface area contributed by atoms with Gasteiger partial charge >= 0.3 is 133 Å². The normalized spacial score (nSPS) is 12.9. The van der Waals surface area contributed by atoms with Crippen molar-refractivity contribution in [2.45, 2.75) is 204 Å². The first-order chi connectivity index (χ1) is 24.4. The van der Waals surface area contributed by atoms with Crippen LogP contribution in [0.4, 0.5) is 0 Å². The van der Waals surface area contributed by atoms with Crippen LogP contribution in [0.1, 0.15) is 183 Å². The number of carboxylic acids is 2. The molecule has 2 N–H and O–H groups in total. The number of carbonyl (C=O) groups excluding carboxylic acids is 4. The topological polar surface area (TPSA) is 173 Å². The SMILES string of the molecule is CCCCC(CC)COC(=O)C(O)CC(=O)[O-].CCCCC(CC)COC(=O)C(O)CC(=O)[O-].CCCCCCC[CH2][Sn+2][CH2]CCCCCCC. The molecule has 0 aliphatic carbocycles. The van der Waals surface area contributed by atoms with Gasteiger partial charge in [0.15, 0.2) is 12.2 Å². The average molecular weight is 836 g/mol. The molecule has 10 nitrogen and oxygen atoms in total. The van der Waals surface area contributed by atoms with E-state index in [0.29, 0.717) is 0 Å². The molecule has 0 spiro atoms. The van der Waals surface area contributed by atoms with E-state index >= 15 is 0 Å². The van der Waals surface area contributed by atoms with Crippen molar-refractivity contribution in [3.63, 3.8) is 0 Å². The second-order valence-electron chi connectivity index (χ2n) is 13.6. The van der Waals surface area contributed by atoms with Gasteiger partial charge in [-0.25, -0.2) is 9.59 Å². The molecule has 0 fully saturated rings. The summed E-state index contributed by atoms with van der Waals surface area (Å²) in [5.74, 6) is -4.16. The molecule has 0 radical (unpaired) electrons. The molecule has 0 aromatic rings. The van der Waals surface area contributed by atoms with E-state index in [4.69, 9.17) is 19.7 Å². The molecular formula is C40H76O10Sn. The van der Waals surface area contributed by atoms with Crippen LogP contribution in [-0.4, -0.2) is 80.7 Å². The summed E-state index contributed by atoms with van der Waals surface area (Å²) < 4.78 is 13.1. The molecule has 0 amide bonds. The first-order valence-corrected chi connectivity index (χ1v) is 24.3. The first-order valence-electron chi connectivity index (χ1n) is 20.2. The Balaban J connectivity index is -0.000000678. The summed E-state index contributed by atoms with van der Waals surface area (Å²) in [5, 5.41) is 38.7. The molecule has 0 bridgehead atoms. The van der Waals surface area contributed by atoms with Crippen molar-refractivity contribution >= 4 is 45.0 Å². The number of carbonyl (C=O) groups is 4. The standard InChI is InChI=1S/2C12H22O5.2C8H17.Sn/c2*1-3-5-6-9(4-2)8-17-12(16)10(13)7-11(14)15;2*1-3-5-7-8-6-4-2;/h2*9-10,13H,3-8H2,1-2H3,(H,14,15);2*1,3-8H2,2H3;/q;;;;+2/p-2. The van der Waals surface area contributed by atoms with Crippen LogP contribution < -0.4 is 10.2 Å². The van der Waals surface area contributed by atoms with Crippen molar-refractivity contribution in [1.29, 1.82) is 0 Å². The van der Waals surface area contributed by atoms with Crippen LogP contribution in [0.15, 0.2) is 0 Å². The van der Waals surface area contributed by atoms with Gasteiger partial charge in [-0.3, -0.25) is 0 Å². The van der Waals surface area contributed by atoms with Gasteiger partial charge in [0.1, 0.15) is 0 Å². The van der Waals surface area contributed by atoms with E-state index in [1.807, 2.05) is 13.8 Å². The Bertz CT molecular complexity index is 746. The van der Waals surface area contributed by atoms with Crippen LogP contribution in [0.2, 0.25) is 8.87 Å². The van der Waals surface area contributed by atoms with Crippen LogP contribution in [0, 0.1) is 11.8 Å². The maximum atomic E-state index is 11.2. The Morgan fingerprint density at radius 3 is 1.12 bits per heavy atom. The molecule has 0 saturated heterocycles. The van der Waals surface area contributed by atoms with Gasteiger partial charge in [0.25, 0.3) is 0 Å². The quantitative estimate of drug-likeness (QED) is 0.0420. The zero-order valence-electron chi connectivity index (χ0n) is 33.4. The van der Waals surface area contributed by atoms with E-state index in [0.717, 1.165) is 51.4 Å².